The van der Waals surface area contributed by atoms with Gasteiger partial charge in [-0.15, -0.1) is 0 Å². The van der Waals surface area contributed by atoms with E-state index in [1.54, 1.807) is 29.2 Å². The van der Waals surface area contributed by atoms with E-state index in [1.807, 2.05) is 31.2 Å². The molecule has 0 unspecified atom stereocenters. The summed E-state index contributed by atoms with van der Waals surface area (Å²) < 4.78 is 5.71. The Hall–Kier alpha value is -3.35. The Balaban J connectivity index is 1.77. The lowest BCUT2D eigenvalue weighted by Crippen LogP contribution is -2.39. The summed E-state index contributed by atoms with van der Waals surface area (Å²) in [5, 5.41) is 5.70. The highest BCUT2D eigenvalue weighted by Gasteiger charge is 2.18. The first kappa shape index (κ1) is 21.4. The molecular weight excluding hydrogens is 382 g/mol. The number of carbonyl (C=O) groups is 3. The van der Waals surface area contributed by atoms with Crippen molar-refractivity contribution in [3.8, 4) is 5.75 Å². The molecule has 0 spiro atoms. The minimum atomic E-state index is -0.250. The molecule has 0 fully saturated rings. The summed E-state index contributed by atoms with van der Waals surface area (Å²) in [6.45, 7) is 3.61. The van der Waals surface area contributed by atoms with Gasteiger partial charge >= 0.3 is 0 Å². The number of amides is 3. The SMILES string of the molecule is Cc1ccc2c(c1)C(=O)NCCN(C(=O)c1ccccc1)CCCC(=O)NCCO2. The monoisotopic (exact) mass is 409 g/mol. The van der Waals surface area contributed by atoms with Crippen molar-refractivity contribution >= 4 is 17.7 Å². The molecule has 0 aromatic heterocycles. The summed E-state index contributed by atoms with van der Waals surface area (Å²) in [5.41, 5.74) is 1.97. The predicted molar refractivity (Wildman–Crippen MR) is 114 cm³/mol. The molecule has 0 aliphatic carbocycles. The number of fused-ring (bicyclic) bond motifs is 1. The zero-order valence-electron chi connectivity index (χ0n) is 17.1. The van der Waals surface area contributed by atoms with E-state index in [4.69, 9.17) is 4.74 Å². The third kappa shape index (κ3) is 5.83. The number of hydrogen-bond donors (Lipinski definition) is 2. The average Bonchev–Trinajstić information content (AvgIpc) is 2.76. The van der Waals surface area contributed by atoms with Crippen molar-refractivity contribution < 1.29 is 19.1 Å². The molecular formula is C23H27N3O4. The Labute approximate surface area is 176 Å². The summed E-state index contributed by atoms with van der Waals surface area (Å²) >= 11 is 0. The van der Waals surface area contributed by atoms with Crippen LogP contribution in [-0.4, -0.2) is 55.4 Å². The van der Waals surface area contributed by atoms with Gasteiger partial charge in [-0.25, -0.2) is 0 Å². The first-order chi connectivity index (χ1) is 14.5. The first-order valence-electron chi connectivity index (χ1n) is 10.2. The summed E-state index contributed by atoms with van der Waals surface area (Å²) in [5.74, 6) is 0.0206. The second-order valence-corrected chi connectivity index (χ2v) is 7.22. The van der Waals surface area contributed by atoms with Gasteiger partial charge in [0, 0.05) is 31.6 Å². The fraction of sp³-hybridized carbons (Fsp3) is 0.348. The number of nitrogens with one attached hydrogen (secondary N) is 2. The Morgan fingerprint density at radius 2 is 1.80 bits per heavy atom. The van der Waals surface area contributed by atoms with Crippen LogP contribution in [0, 0.1) is 6.92 Å². The number of carbonyl (C=O) groups excluding carboxylic acids is 3. The molecule has 1 aliphatic rings. The average molecular weight is 409 g/mol. The highest BCUT2D eigenvalue weighted by molar-refractivity contribution is 5.97. The van der Waals surface area contributed by atoms with Crippen LogP contribution in [0.2, 0.25) is 0 Å². The number of ether oxygens (including phenoxy) is 1. The van der Waals surface area contributed by atoms with E-state index in [0.717, 1.165) is 5.56 Å². The normalized spacial score (nSPS) is 16.2. The van der Waals surface area contributed by atoms with Crippen LogP contribution in [0.4, 0.5) is 0 Å². The van der Waals surface area contributed by atoms with Crippen LogP contribution in [0.5, 0.6) is 5.75 Å². The zero-order chi connectivity index (χ0) is 21.3. The number of hydrogen-bond acceptors (Lipinski definition) is 4. The molecule has 1 aliphatic heterocycles. The van der Waals surface area contributed by atoms with Gasteiger partial charge in [0.1, 0.15) is 12.4 Å². The molecule has 158 valence electrons. The van der Waals surface area contributed by atoms with E-state index in [0.29, 0.717) is 55.9 Å². The third-order valence-corrected chi connectivity index (χ3v) is 4.87. The van der Waals surface area contributed by atoms with Crippen LogP contribution >= 0.6 is 0 Å². The number of rotatable bonds is 1. The third-order valence-electron chi connectivity index (χ3n) is 4.87. The minimum absolute atomic E-state index is 0.0843. The van der Waals surface area contributed by atoms with Gasteiger partial charge in [0.25, 0.3) is 11.8 Å². The van der Waals surface area contributed by atoms with Crippen LogP contribution in [0.3, 0.4) is 0 Å². The Morgan fingerprint density at radius 3 is 2.60 bits per heavy atom. The molecule has 2 N–H and O–H groups in total. The van der Waals surface area contributed by atoms with Gasteiger partial charge in [-0.05, 0) is 37.6 Å². The van der Waals surface area contributed by atoms with E-state index in [2.05, 4.69) is 10.6 Å². The fourth-order valence-corrected chi connectivity index (χ4v) is 3.30. The largest absolute Gasteiger partial charge is 0.491 e. The second-order valence-electron chi connectivity index (χ2n) is 7.22. The Morgan fingerprint density at radius 1 is 1.00 bits per heavy atom. The fourth-order valence-electron chi connectivity index (χ4n) is 3.30. The van der Waals surface area contributed by atoms with Crippen LogP contribution in [0.15, 0.2) is 48.5 Å². The topological polar surface area (TPSA) is 87.7 Å². The highest BCUT2D eigenvalue weighted by Crippen LogP contribution is 2.20. The van der Waals surface area contributed by atoms with Gasteiger partial charge < -0.3 is 20.3 Å². The Bertz CT molecular complexity index is 899. The Kier molecular flexibility index (Phi) is 7.43. The van der Waals surface area contributed by atoms with Crippen molar-refractivity contribution in [2.24, 2.45) is 0 Å². The maximum atomic E-state index is 12.9. The molecule has 7 nitrogen and oxygen atoms in total. The van der Waals surface area contributed by atoms with Crippen LogP contribution in [-0.2, 0) is 4.79 Å². The van der Waals surface area contributed by atoms with Crippen LogP contribution in [0.25, 0.3) is 0 Å². The summed E-state index contributed by atoms with van der Waals surface area (Å²) in [6, 6.07) is 14.4. The van der Waals surface area contributed by atoms with E-state index >= 15 is 0 Å². The summed E-state index contributed by atoms with van der Waals surface area (Å²) in [6.07, 6.45) is 0.860. The second kappa shape index (κ2) is 10.4. The molecule has 3 rings (SSSR count). The van der Waals surface area contributed by atoms with Crippen molar-refractivity contribution in [2.45, 2.75) is 19.8 Å². The predicted octanol–water partition coefficient (Wildman–Crippen LogP) is 2.16. The summed E-state index contributed by atoms with van der Waals surface area (Å²) in [7, 11) is 0. The number of benzene rings is 2. The van der Waals surface area contributed by atoms with Gasteiger partial charge in [0.05, 0.1) is 12.1 Å². The van der Waals surface area contributed by atoms with Gasteiger partial charge in [-0.3, -0.25) is 14.4 Å². The molecule has 2 aromatic carbocycles. The molecule has 3 amide bonds. The maximum Gasteiger partial charge on any atom is 0.255 e. The van der Waals surface area contributed by atoms with Gasteiger partial charge in [0.2, 0.25) is 5.91 Å². The molecule has 7 heteroatoms. The highest BCUT2D eigenvalue weighted by atomic mass is 16.5. The number of aryl methyl sites for hydroxylation is 1. The van der Waals surface area contributed by atoms with E-state index in [1.165, 1.54) is 0 Å². The van der Waals surface area contributed by atoms with Crippen LogP contribution in [0.1, 0.15) is 39.1 Å². The molecule has 0 bridgehead atoms. The quantitative estimate of drug-likeness (QED) is 0.756. The van der Waals surface area contributed by atoms with E-state index in [-0.39, 0.29) is 24.3 Å². The van der Waals surface area contributed by atoms with Crippen molar-refractivity contribution in [3.05, 3.63) is 65.2 Å². The van der Waals surface area contributed by atoms with Gasteiger partial charge in [-0.1, -0.05) is 29.8 Å². The molecule has 2 aromatic rings. The molecule has 0 saturated carbocycles. The molecule has 0 radical (unpaired) electrons. The van der Waals surface area contributed by atoms with Crippen molar-refractivity contribution in [1.29, 1.82) is 0 Å². The van der Waals surface area contributed by atoms with Crippen molar-refractivity contribution in [3.63, 3.8) is 0 Å². The van der Waals surface area contributed by atoms with Gasteiger partial charge in [-0.2, -0.15) is 0 Å². The maximum absolute atomic E-state index is 12.9. The lowest BCUT2D eigenvalue weighted by molar-refractivity contribution is -0.121. The smallest absolute Gasteiger partial charge is 0.255 e. The molecule has 30 heavy (non-hydrogen) atoms. The molecule has 0 atom stereocenters. The summed E-state index contributed by atoms with van der Waals surface area (Å²) in [4.78, 5) is 39.4. The molecule has 1 heterocycles. The molecule has 0 saturated heterocycles. The van der Waals surface area contributed by atoms with E-state index < -0.39 is 0 Å². The van der Waals surface area contributed by atoms with Crippen molar-refractivity contribution in [2.75, 3.05) is 32.8 Å². The lowest BCUT2D eigenvalue weighted by atomic mass is 10.1. The first-order valence-corrected chi connectivity index (χ1v) is 10.2. The standard InChI is InChI=1S/C23H27N3O4/c1-17-9-10-20-19(16-17)22(28)25-11-14-26(23(29)18-6-3-2-4-7-18)13-5-8-21(27)24-12-15-30-20/h2-4,6-7,9-10,16H,5,8,11-15H2,1H3,(H,24,27)(H,25,28). The minimum Gasteiger partial charge on any atom is -0.491 e. The van der Waals surface area contributed by atoms with Crippen LogP contribution < -0.4 is 15.4 Å². The van der Waals surface area contributed by atoms with Crippen molar-refractivity contribution in [1.82, 2.24) is 15.5 Å². The zero-order valence-corrected chi connectivity index (χ0v) is 17.1. The van der Waals surface area contributed by atoms with E-state index in [9.17, 15) is 14.4 Å². The van der Waals surface area contributed by atoms with Gasteiger partial charge in [0.15, 0.2) is 0 Å². The number of nitrogens with zero attached hydrogens (tertiary/aromatic N) is 1. The lowest BCUT2D eigenvalue weighted by Gasteiger charge is -2.23.